The number of pyridine rings is 2. The lowest BCUT2D eigenvalue weighted by molar-refractivity contribution is -0.293. The minimum Gasteiger partial charge on any atom is -0.384 e. The van der Waals surface area contributed by atoms with Crippen LogP contribution in [-0.2, 0) is 12.6 Å². The lowest BCUT2D eigenvalue weighted by atomic mass is 9.59. The number of aryl methyl sites for hydroxylation is 1. The number of hydrogen-bond donors (Lipinski definition) is 1. The van der Waals surface area contributed by atoms with Gasteiger partial charge in [0.05, 0.1) is 11.1 Å². The molecule has 4 aromatic heterocycles. The lowest BCUT2D eigenvalue weighted by Crippen LogP contribution is -2.55. The SMILES string of the molecule is Cn1cc2cc(-c3ccc4cc(C5(O)CC(C)(C(F)(F)F)C5)sc4n3)cnc2n1. The molecule has 1 fully saturated rings. The molecule has 5 nitrogen and oxygen atoms in total. The van der Waals surface area contributed by atoms with Crippen molar-refractivity contribution in [3.63, 3.8) is 0 Å². The van der Waals surface area contributed by atoms with Gasteiger partial charge in [0.15, 0.2) is 5.65 Å². The highest BCUT2D eigenvalue weighted by Gasteiger charge is 2.65. The molecule has 0 amide bonds. The van der Waals surface area contributed by atoms with E-state index in [9.17, 15) is 18.3 Å². The van der Waals surface area contributed by atoms with E-state index >= 15 is 0 Å². The molecule has 5 rings (SSSR count). The van der Waals surface area contributed by atoms with E-state index in [-0.39, 0.29) is 12.8 Å². The van der Waals surface area contributed by atoms with Crippen LogP contribution in [0.3, 0.4) is 0 Å². The van der Waals surface area contributed by atoms with Crippen LogP contribution in [0.5, 0.6) is 0 Å². The van der Waals surface area contributed by atoms with Gasteiger partial charge in [-0.2, -0.15) is 18.3 Å². The molecule has 9 heteroatoms. The number of alkyl halides is 3. The van der Waals surface area contributed by atoms with E-state index in [1.165, 1.54) is 11.3 Å². The van der Waals surface area contributed by atoms with Crippen LogP contribution < -0.4 is 0 Å². The smallest absolute Gasteiger partial charge is 0.384 e. The van der Waals surface area contributed by atoms with Crippen LogP contribution in [0, 0.1) is 5.41 Å². The molecule has 0 unspecified atom stereocenters. The lowest BCUT2D eigenvalue weighted by Gasteiger charge is -2.51. The Kier molecular flexibility index (Phi) is 3.68. The number of rotatable bonds is 2. The molecule has 0 spiro atoms. The highest BCUT2D eigenvalue weighted by molar-refractivity contribution is 7.18. The number of fused-ring (bicyclic) bond motifs is 2. The van der Waals surface area contributed by atoms with Gasteiger partial charge in [-0.1, -0.05) is 6.92 Å². The number of nitrogens with zero attached hydrogens (tertiary/aromatic N) is 4. The van der Waals surface area contributed by atoms with Gasteiger partial charge >= 0.3 is 6.18 Å². The van der Waals surface area contributed by atoms with Crippen molar-refractivity contribution >= 4 is 32.6 Å². The summed E-state index contributed by atoms with van der Waals surface area (Å²) in [4.78, 5) is 10.2. The van der Waals surface area contributed by atoms with Crippen molar-refractivity contribution in [2.24, 2.45) is 12.5 Å². The zero-order valence-corrected chi connectivity index (χ0v) is 16.5. The Balaban J connectivity index is 1.49. The van der Waals surface area contributed by atoms with Crippen molar-refractivity contribution in [2.45, 2.75) is 31.5 Å². The van der Waals surface area contributed by atoms with Crippen LogP contribution in [0.2, 0.25) is 0 Å². The molecule has 1 aliphatic rings. The molecule has 1 aliphatic carbocycles. The first-order valence-electron chi connectivity index (χ1n) is 9.06. The molecule has 150 valence electrons. The third kappa shape index (κ3) is 2.83. The van der Waals surface area contributed by atoms with Gasteiger partial charge in [0, 0.05) is 40.7 Å². The Bertz CT molecular complexity index is 1250. The normalized spacial score (nSPS) is 24.9. The van der Waals surface area contributed by atoms with E-state index in [1.54, 1.807) is 16.9 Å². The van der Waals surface area contributed by atoms with Crippen molar-refractivity contribution in [3.05, 3.63) is 41.5 Å². The Morgan fingerprint density at radius 1 is 1.17 bits per heavy atom. The van der Waals surface area contributed by atoms with Gasteiger partial charge in [-0.25, -0.2) is 9.97 Å². The molecular weight excluding hydrogens is 401 g/mol. The summed E-state index contributed by atoms with van der Waals surface area (Å²) in [6.45, 7) is 1.16. The van der Waals surface area contributed by atoms with Crippen LogP contribution >= 0.6 is 11.3 Å². The van der Waals surface area contributed by atoms with E-state index in [0.717, 1.165) is 23.3 Å². The van der Waals surface area contributed by atoms with E-state index < -0.39 is 17.2 Å². The van der Waals surface area contributed by atoms with Gasteiger partial charge < -0.3 is 5.11 Å². The van der Waals surface area contributed by atoms with Gasteiger partial charge in [0.2, 0.25) is 0 Å². The summed E-state index contributed by atoms with van der Waals surface area (Å²) in [6.07, 6.45) is -1.40. The van der Waals surface area contributed by atoms with Gasteiger partial charge in [0.25, 0.3) is 0 Å². The zero-order valence-electron chi connectivity index (χ0n) is 15.7. The highest BCUT2D eigenvalue weighted by atomic mass is 32.1. The maximum atomic E-state index is 13.2. The zero-order chi connectivity index (χ0) is 20.6. The number of aliphatic hydroxyl groups is 1. The number of halogens is 3. The molecule has 29 heavy (non-hydrogen) atoms. The largest absolute Gasteiger partial charge is 0.394 e. The molecular formula is C20H17F3N4OS. The van der Waals surface area contributed by atoms with Crippen LogP contribution in [0.25, 0.3) is 32.5 Å². The van der Waals surface area contributed by atoms with Crippen LogP contribution in [0.15, 0.2) is 36.7 Å². The molecule has 0 radical (unpaired) electrons. The molecule has 1 saturated carbocycles. The number of hydrogen-bond acceptors (Lipinski definition) is 5. The van der Waals surface area contributed by atoms with E-state index in [0.29, 0.717) is 21.0 Å². The molecule has 4 heterocycles. The summed E-state index contributed by atoms with van der Waals surface area (Å²) in [5.41, 5.74) is -1.11. The summed E-state index contributed by atoms with van der Waals surface area (Å²) < 4.78 is 41.2. The fraction of sp³-hybridized carbons (Fsp3) is 0.350. The van der Waals surface area contributed by atoms with Gasteiger partial charge in [0.1, 0.15) is 10.4 Å². The fourth-order valence-corrected chi connectivity index (χ4v) is 5.21. The Labute approximate surface area is 167 Å². The van der Waals surface area contributed by atoms with Crippen molar-refractivity contribution in [1.82, 2.24) is 19.7 Å². The standard InChI is InChI=1S/C20H17F3N4OS/c1-18(20(21,22)23)9-19(28,10-18)15-6-11-3-4-14(25-17(11)29-15)12-5-13-8-27(2)26-16(13)24-7-12/h3-8,28H,9-10H2,1-2H3. The number of aromatic nitrogens is 4. The maximum Gasteiger partial charge on any atom is 0.394 e. The molecule has 4 aromatic rings. The van der Waals surface area contributed by atoms with E-state index in [4.69, 9.17) is 0 Å². The monoisotopic (exact) mass is 418 g/mol. The maximum absolute atomic E-state index is 13.2. The van der Waals surface area contributed by atoms with Crippen LogP contribution in [0.1, 0.15) is 24.6 Å². The Hall–Kier alpha value is -2.52. The van der Waals surface area contributed by atoms with Crippen molar-refractivity contribution in [2.75, 3.05) is 0 Å². The molecule has 0 atom stereocenters. The predicted octanol–water partition coefficient (Wildman–Crippen LogP) is 4.80. The summed E-state index contributed by atoms with van der Waals surface area (Å²) >= 11 is 1.24. The minimum atomic E-state index is -4.32. The van der Waals surface area contributed by atoms with Crippen molar-refractivity contribution in [3.8, 4) is 11.3 Å². The second-order valence-electron chi connectivity index (χ2n) is 8.08. The first kappa shape index (κ1) is 18.5. The Morgan fingerprint density at radius 2 is 1.93 bits per heavy atom. The average molecular weight is 418 g/mol. The third-order valence-electron chi connectivity index (χ3n) is 5.66. The Morgan fingerprint density at radius 3 is 2.66 bits per heavy atom. The number of thiophene rings is 1. The summed E-state index contributed by atoms with van der Waals surface area (Å²) in [5.74, 6) is 0. The molecule has 0 bridgehead atoms. The van der Waals surface area contributed by atoms with Crippen molar-refractivity contribution in [1.29, 1.82) is 0 Å². The molecule has 0 aliphatic heterocycles. The van der Waals surface area contributed by atoms with E-state index in [1.807, 2.05) is 31.4 Å². The minimum absolute atomic E-state index is 0.329. The highest BCUT2D eigenvalue weighted by Crippen LogP contribution is 2.62. The molecule has 0 saturated heterocycles. The first-order chi connectivity index (χ1) is 13.6. The molecule has 0 aromatic carbocycles. The quantitative estimate of drug-likeness (QED) is 0.508. The molecule has 1 N–H and O–H groups in total. The van der Waals surface area contributed by atoms with Gasteiger partial charge in [-0.3, -0.25) is 4.68 Å². The summed E-state index contributed by atoms with van der Waals surface area (Å²) in [7, 11) is 1.83. The van der Waals surface area contributed by atoms with Gasteiger partial charge in [-0.05, 0) is 37.1 Å². The second-order valence-corrected chi connectivity index (χ2v) is 9.12. The van der Waals surface area contributed by atoms with Crippen molar-refractivity contribution < 1.29 is 18.3 Å². The van der Waals surface area contributed by atoms with Crippen LogP contribution in [-0.4, -0.2) is 31.0 Å². The van der Waals surface area contributed by atoms with E-state index in [2.05, 4.69) is 15.1 Å². The average Bonchev–Trinajstić information content (AvgIpc) is 3.20. The van der Waals surface area contributed by atoms with Crippen LogP contribution in [0.4, 0.5) is 13.2 Å². The third-order valence-corrected chi connectivity index (χ3v) is 6.90. The first-order valence-corrected chi connectivity index (χ1v) is 9.88. The summed E-state index contributed by atoms with van der Waals surface area (Å²) in [5, 5.41) is 16.7. The summed E-state index contributed by atoms with van der Waals surface area (Å²) in [6, 6.07) is 7.42. The topological polar surface area (TPSA) is 63.8 Å². The van der Waals surface area contributed by atoms with Gasteiger partial charge in [-0.15, -0.1) is 11.3 Å². The predicted molar refractivity (Wildman–Crippen MR) is 104 cm³/mol. The fourth-order valence-electron chi connectivity index (χ4n) is 4.09. The second kappa shape index (κ2) is 5.76.